The van der Waals surface area contributed by atoms with Crippen LogP contribution in [0.3, 0.4) is 0 Å². The van der Waals surface area contributed by atoms with Gasteiger partial charge in [0, 0.05) is 5.56 Å². The van der Waals surface area contributed by atoms with Crippen molar-refractivity contribution in [2.24, 2.45) is 0 Å². The zero-order valence-electron chi connectivity index (χ0n) is 10.4. The number of nitrogens with zero attached hydrogens (tertiary/aromatic N) is 2. The lowest BCUT2D eigenvalue weighted by molar-refractivity contribution is 0.577. The van der Waals surface area contributed by atoms with Gasteiger partial charge in [0.05, 0.1) is 4.90 Å². The van der Waals surface area contributed by atoms with E-state index in [0.29, 0.717) is 17.3 Å². The van der Waals surface area contributed by atoms with Crippen LogP contribution in [0.5, 0.6) is 0 Å². The molecule has 0 unspecified atom stereocenters. The van der Waals surface area contributed by atoms with Gasteiger partial charge in [-0.05, 0) is 24.6 Å². The molecule has 19 heavy (non-hydrogen) atoms. The second-order valence-corrected chi connectivity index (χ2v) is 5.00. The molecule has 0 aliphatic rings. The molecule has 2 N–H and O–H groups in total. The molecule has 0 spiro atoms. The topological polar surface area (TPSA) is 51.8 Å². The summed E-state index contributed by atoms with van der Waals surface area (Å²) >= 11 is 1.06. The Morgan fingerprint density at radius 1 is 1.26 bits per heavy atom. The summed E-state index contributed by atoms with van der Waals surface area (Å²) < 4.78 is 26.8. The van der Waals surface area contributed by atoms with E-state index in [1.54, 1.807) is 0 Å². The molecule has 0 saturated carbocycles. The molecule has 0 saturated heterocycles. The summed E-state index contributed by atoms with van der Waals surface area (Å²) in [6.45, 7) is 2.00. The minimum Gasteiger partial charge on any atom is -0.383 e. The minimum atomic E-state index is -0.483. The van der Waals surface area contributed by atoms with Gasteiger partial charge in [-0.3, -0.25) is 0 Å². The van der Waals surface area contributed by atoms with Gasteiger partial charge in [0.2, 0.25) is 0 Å². The highest BCUT2D eigenvalue weighted by atomic mass is 32.2. The zero-order chi connectivity index (χ0) is 13.8. The van der Waals surface area contributed by atoms with E-state index in [0.717, 1.165) is 41.9 Å². The molecule has 6 heteroatoms. The fourth-order valence-corrected chi connectivity index (χ4v) is 2.62. The van der Waals surface area contributed by atoms with Gasteiger partial charge in [0.1, 0.15) is 28.8 Å². The molecule has 0 aliphatic carbocycles. The largest absolute Gasteiger partial charge is 0.383 e. The molecular formula is C13H13F2N3S. The molecule has 2 rings (SSSR count). The SMILES string of the molecule is CCCc1c(N)ncnc1Sc1cc(F)ccc1F. The van der Waals surface area contributed by atoms with Crippen LogP contribution in [0.1, 0.15) is 18.9 Å². The van der Waals surface area contributed by atoms with Gasteiger partial charge in [-0.1, -0.05) is 25.1 Å². The molecule has 0 radical (unpaired) electrons. The van der Waals surface area contributed by atoms with Crippen LogP contribution in [-0.4, -0.2) is 9.97 Å². The van der Waals surface area contributed by atoms with Crippen LogP contribution in [-0.2, 0) is 6.42 Å². The summed E-state index contributed by atoms with van der Waals surface area (Å²) in [5.74, 6) is -0.579. The highest BCUT2D eigenvalue weighted by Crippen LogP contribution is 2.33. The van der Waals surface area contributed by atoms with Gasteiger partial charge in [-0.15, -0.1) is 0 Å². The molecule has 0 atom stereocenters. The first-order chi connectivity index (χ1) is 9.11. The lowest BCUT2D eigenvalue weighted by Crippen LogP contribution is -2.01. The first kappa shape index (κ1) is 13.7. The molecule has 1 heterocycles. The van der Waals surface area contributed by atoms with Gasteiger partial charge in [0.15, 0.2) is 0 Å². The van der Waals surface area contributed by atoms with Gasteiger partial charge in [-0.2, -0.15) is 0 Å². The maximum absolute atomic E-state index is 13.6. The first-order valence-corrected chi connectivity index (χ1v) is 6.65. The molecule has 1 aromatic carbocycles. The van der Waals surface area contributed by atoms with Crippen LogP contribution in [0.4, 0.5) is 14.6 Å². The fraction of sp³-hybridized carbons (Fsp3) is 0.231. The number of benzene rings is 1. The third-order valence-electron chi connectivity index (χ3n) is 2.54. The summed E-state index contributed by atoms with van der Waals surface area (Å²) in [6.07, 6.45) is 2.90. The Hall–Kier alpha value is -1.69. The van der Waals surface area contributed by atoms with Crippen molar-refractivity contribution in [1.82, 2.24) is 9.97 Å². The summed E-state index contributed by atoms with van der Waals surface area (Å²) in [5.41, 5.74) is 6.57. The lowest BCUT2D eigenvalue weighted by Gasteiger charge is -2.09. The number of hydrogen-bond donors (Lipinski definition) is 1. The number of nitrogens with two attached hydrogens (primary N) is 1. The molecular weight excluding hydrogens is 268 g/mol. The maximum Gasteiger partial charge on any atom is 0.137 e. The van der Waals surface area contributed by atoms with Gasteiger partial charge >= 0.3 is 0 Å². The van der Waals surface area contributed by atoms with E-state index in [1.165, 1.54) is 6.33 Å². The number of rotatable bonds is 4. The molecule has 0 bridgehead atoms. The summed E-state index contributed by atoms with van der Waals surface area (Å²) in [6, 6.07) is 3.33. The molecule has 100 valence electrons. The van der Waals surface area contributed by atoms with Crippen molar-refractivity contribution in [3.63, 3.8) is 0 Å². The lowest BCUT2D eigenvalue weighted by atomic mass is 10.2. The predicted molar refractivity (Wildman–Crippen MR) is 70.9 cm³/mol. The molecule has 3 nitrogen and oxygen atoms in total. The maximum atomic E-state index is 13.6. The summed E-state index contributed by atoms with van der Waals surface area (Å²) in [7, 11) is 0. The average molecular weight is 281 g/mol. The van der Waals surface area contributed by atoms with Crippen molar-refractivity contribution in [2.75, 3.05) is 5.73 Å². The second-order valence-electron chi connectivity index (χ2n) is 3.97. The first-order valence-electron chi connectivity index (χ1n) is 5.84. The van der Waals surface area contributed by atoms with Crippen LogP contribution in [0.2, 0.25) is 0 Å². The highest BCUT2D eigenvalue weighted by molar-refractivity contribution is 7.99. The van der Waals surface area contributed by atoms with Gasteiger partial charge in [0.25, 0.3) is 0 Å². The number of halogens is 2. The third-order valence-corrected chi connectivity index (χ3v) is 3.62. The number of aromatic nitrogens is 2. The predicted octanol–water partition coefficient (Wildman–Crippen LogP) is 3.44. The number of hydrogen-bond acceptors (Lipinski definition) is 4. The highest BCUT2D eigenvalue weighted by Gasteiger charge is 2.13. The second kappa shape index (κ2) is 5.97. The van der Waals surface area contributed by atoms with Crippen molar-refractivity contribution < 1.29 is 8.78 Å². The molecule has 0 amide bonds. The van der Waals surface area contributed by atoms with E-state index >= 15 is 0 Å². The minimum absolute atomic E-state index is 0.190. The standard InChI is InChI=1S/C13H13F2N3S/c1-2-3-9-12(16)17-7-18-13(9)19-11-6-8(14)4-5-10(11)15/h4-7H,2-3H2,1H3,(H2,16,17,18). The Balaban J connectivity index is 2.37. The fourth-order valence-electron chi connectivity index (χ4n) is 1.64. The smallest absolute Gasteiger partial charge is 0.137 e. The van der Waals surface area contributed by atoms with Crippen molar-refractivity contribution in [1.29, 1.82) is 0 Å². The van der Waals surface area contributed by atoms with E-state index in [1.807, 2.05) is 6.92 Å². The number of nitrogen functional groups attached to an aromatic ring is 1. The number of anilines is 1. The van der Waals surface area contributed by atoms with E-state index < -0.39 is 11.6 Å². The van der Waals surface area contributed by atoms with Crippen LogP contribution < -0.4 is 5.73 Å². The van der Waals surface area contributed by atoms with Crippen molar-refractivity contribution in [3.8, 4) is 0 Å². The Labute approximate surface area is 114 Å². The molecule has 2 aromatic rings. The summed E-state index contributed by atoms with van der Waals surface area (Å²) in [5, 5.41) is 0.568. The quantitative estimate of drug-likeness (QED) is 0.872. The van der Waals surface area contributed by atoms with Crippen molar-refractivity contribution in [2.45, 2.75) is 29.7 Å². The van der Waals surface area contributed by atoms with E-state index in [-0.39, 0.29) is 4.90 Å². The van der Waals surface area contributed by atoms with Crippen LogP contribution in [0.15, 0.2) is 34.4 Å². The average Bonchev–Trinajstić information content (AvgIpc) is 2.38. The molecule has 0 aliphatic heterocycles. The molecule has 0 fully saturated rings. The Morgan fingerprint density at radius 2 is 2.05 bits per heavy atom. The normalized spacial score (nSPS) is 10.7. The van der Waals surface area contributed by atoms with Crippen LogP contribution >= 0.6 is 11.8 Å². The molecule has 1 aromatic heterocycles. The monoisotopic (exact) mass is 281 g/mol. The zero-order valence-corrected chi connectivity index (χ0v) is 11.2. The van der Waals surface area contributed by atoms with Crippen molar-refractivity contribution in [3.05, 3.63) is 41.7 Å². The van der Waals surface area contributed by atoms with Crippen molar-refractivity contribution >= 4 is 17.6 Å². The third kappa shape index (κ3) is 3.20. The Morgan fingerprint density at radius 3 is 2.79 bits per heavy atom. The summed E-state index contributed by atoms with van der Waals surface area (Å²) in [4.78, 5) is 8.22. The Kier molecular flexibility index (Phi) is 4.31. The van der Waals surface area contributed by atoms with E-state index in [2.05, 4.69) is 9.97 Å². The van der Waals surface area contributed by atoms with Crippen LogP contribution in [0.25, 0.3) is 0 Å². The van der Waals surface area contributed by atoms with E-state index in [9.17, 15) is 8.78 Å². The van der Waals surface area contributed by atoms with Gasteiger partial charge < -0.3 is 5.73 Å². The van der Waals surface area contributed by atoms with E-state index in [4.69, 9.17) is 5.73 Å². The Bertz CT molecular complexity index is 590. The van der Waals surface area contributed by atoms with Gasteiger partial charge in [-0.25, -0.2) is 18.7 Å². The van der Waals surface area contributed by atoms with Crippen LogP contribution in [0, 0.1) is 11.6 Å².